The van der Waals surface area contributed by atoms with E-state index in [0.717, 1.165) is 28.6 Å². The molecule has 12 heteroatoms. The number of primary amides is 1. The molecule has 1 amide bonds. The Bertz CT molecular complexity index is 1250. The van der Waals surface area contributed by atoms with E-state index in [1.165, 1.54) is 12.1 Å². The molecule has 2 aliphatic heterocycles. The van der Waals surface area contributed by atoms with E-state index < -0.39 is 16.7 Å². The van der Waals surface area contributed by atoms with Gasteiger partial charge in [-0.15, -0.1) is 0 Å². The molecule has 2 aliphatic rings. The quantitative estimate of drug-likeness (QED) is 0.201. The molecule has 0 saturated carbocycles. The second-order valence-corrected chi connectivity index (χ2v) is 9.53. The van der Waals surface area contributed by atoms with Crippen molar-refractivity contribution in [2.24, 2.45) is 5.73 Å². The van der Waals surface area contributed by atoms with Gasteiger partial charge in [0.15, 0.2) is 0 Å². The fourth-order valence-corrected chi connectivity index (χ4v) is 5.51. The number of nitrogens with zero attached hydrogens (tertiary/aromatic N) is 4. The highest BCUT2D eigenvalue weighted by atomic mass is 79.9. The van der Waals surface area contributed by atoms with Crippen LogP contribution in [-0.4, -0.2) is 51.1 Å². The van der Waals surface area contributed by atoms with Gasteiger partial charge in [-0.3, -0.25) is 23.6 Å². The minimum absolute atomic E-state index is 0.0434. The van der Waals surface area contributed by atoms with Crippen molar-refractivity contribution in [2.45, 2.75) is 19.8 Å². The zero-order chi connectivity index (χ0) is 26.4. The molecule has 0 radical (unpaired) electrons. The number of hydrogen-bond acceptors (Lipinski definition) is 9. The summed E-state index contributed by atoms with van der Waals surface area (Å²) in [6, 6.07) is 8.42. The maximum absolute atomic E-state index is 11.9. The zero-order valence-corrected chi connectivity index (χ0v) is 22.0. The van der Waals surface area contributed by atoms with Gasteiger partial charge in [0.05, 0.1) is 45.1 Å². The summed E-state index contributed by atoms with van der Waals surface area (Å²) in [5.41, 5.74) is 8.45. The van der Waals surface area contributed by atoms with Crippen LogP contribution < -0.4 is 5.73 Å². The normalized spacial score (nSPS) is 17.6. The number of esters is 1. The van der Waals surface area contributed by atoms with Crippen LogP contribution in [0, 0.1) is 21.4 Å². The fourth-order valence-electron chi connectivity index (χ4n) is 3.97. The minimum Gasteiger partial charge on any atom is -0.465 e. The third-order valence-electron chi connectivity index (χ3n) is 5.52. The molecule has 0 bridgehead atoms. The van der Waals surface area contributed by atoms with E-state index in [2.05, 4.69) is 22.2 Å². The lowest BCUT2D eigenvalue weighted by molar-refractivity contribution is -0.384. The number of nitro groups is 1. The lowest BCUT2D eigenvalue weighted by Gasteiger charge is -2.36. The van der Waals surface area contributed by atoms with Gasteiger partial charge in [-0.05, 0) is 36.6 Å². The number of amides is 1. The smallest absolute Gasteiger partial charge is 0.325 e. The van der Waals surface area contributed by atoms with Gasteiger partial charge in [-0.2, -0.15) is 5.26 Å². The average molecular weight is 574 g/mol. The average Bonchev–Trinajstić information content (AvgIpc) is 2.85. The van der Waals surface area contributed by atoms with Crippen molar-refractivity contribution >= 4 is 45.5 Å². The van der Waals surface area contributed by atoms with Gasteiger partial charge in [0.25, 0.3) is 5.69 Å². The molecule has 36 heavy (non-hydrogen) atoms. The van der Waals surface area contributed by atoms with Crippen molar-refractivity contribution in [3.05, 3.63) is 85.7 Å². The molecule has 2 N–H and O–H groups in total. The molecular weight excluding hydrogens is 550 g/mol. The topological polar surface area (TPSA) is 143 Å². The van der Waals surface area contributed by atoms with Gasteiger partial charge < -0.3 is 15.4 Å². The van der Waals surface area contributed by atoms with Crippen LogP contribution in [-0.2, 0) is 14.3 Å². The second-order valence-electron chi connectivity index (χ2n) is 7.86. The number of nitro benzene ring substituents is 1. The SMILES string of the molecule is CCOC(=O)CN1C=CC(C2=C(C)N(Br)C(SCC(N)=O)=C(C#N)C2c2cccc([N+](=O)[O-])c2)=CC1. The third kappa shape index (κ3) is 5.98. The molecule has 0 spiro atoms. The van der Waals surface area contributed by atoms with Crippen molar-refractivity contribution in [3.8, 4) is 6.07 Å². The van der Waals surface area contributed by atoms with Crippen LogP contribution in [0.25, 0.3) is 0 Å². The summed E-state index contributed by atoms with van der Waals surface area (Å²) in [7, 11) is 0. The predicted molar refractivity (Wildman–Crippen MR) is 139 cm³/mol. The summed E-state index contributed by atoms with van der Waals surface area (Å²) < 4.78 is 6.67. The highest BCUT2D eigenvalue weighted by molar-refractivity contribution is 9.07. The molecule has 0 fully saturated rings. The second kappa shape index (κ2) is 11.9. The van der Waals surface area contributed by atoms with Gasteiger partial charge in [0.2, 0.25) is 5.91 Å². The summed E-state index contributed by atoms with van der Waals surface area (Å²) in [5, 5.41) is 22.2. The first kappa shape index (κ1) is 27.0. The Morgan fingerprint density at radius 2 is 2.17 bits per heavy atom. The Morgan fingerprint density at radius 3 is 2.75 bits per heavy atom. The fraction of sp³-hybridized carbons (Fsp3) is 0.292. The zero-order valence-electron chi connectivity index (χ0n) is 19.6. The highest BCUT2D eigenvalue weighted by Crippen LogP contribution is 2.49. The first-order chi connectivity index (χ1) is 17.2. The monoisotopic (exact) mass is 573 g/mol. The first-order valence-corrected chi connectivity index (χ1v) is 12.6. The van der Waals surface area contributed by atoms with Crippen LogP contribution in [0.3, 0.4) is 0 Å². The molecule has 0 aliphatic carbocycles. The molecule has 3 rings (SSSR count). The first-order valence-electron chi connectivity index (χ1n) is 10.9. The maximum atomic E-state index is 11.9. The third-order valence-corrected chi connectivity index (χ3v) is 7.74. The van der Waals surface area contributed by atoms with Crippen molar-refractivity contribution in [1.29, 1.82) is 5.26 Å². The molecule has 1 unspecified atom stereocenters. The minimum atomic E-state index is -0.633. The number of carbonyl (C=O) groups is 2. The largest absolute Gasteiger partial charge is 0.465 e. The van der Waals surface area contributed by atoms with Gasteiger partial charge in [-0.25, -0.2) is 0 Å². The van der Waals surface area contributed by atoms with E-state index >= 15 is 0 Å². The molecule has 1 aromatic carbocycles. The standard InChI is InChI=1S/C24H24BrN5O5S/c1-3-35-21(32)13-28-9-7-16(8-10-28)22-15(2)29(25)24(36-14-20(27)31)19(12-26)23(22)17-5-4-6-18(11-17)30(33)34/h4-9,11,23H,3,10,13-14H2,1-2H3,(H2,27,31). The van der Waals surface area contributed by atoms with Crippen molar-refractivity contribution in [2.75, 3.05) is 25.4 Å². The Kier molecular flexibility index (Phi) is 8.95. The van der Waals surface area contributed by atoms with Crippen LogP contribution in [0.2, 0.25) is 0 Å². The Hall–Kier alpha value is -3.56. The molecule has 188 valence electrons. The number of thioether (sulfide) groups is 1. The van der Waals surface area contributed by atoms with E-state index in [-0.39, 0.29) is 24.0 Å². The van der Waals surface area contributed by atoms with E-state index in [9.17, 15) is 25.0 Å². The molecule has 2 heterocycles. The van der Waals surface area contributed by atoms with Crippen LogP contribution >= 0.6 is 27.9 Å². The van der Waals surface area contributed by atoms with Crippen molar-refractivity contribution in [3.63, 3.8) is 0 Å². The molecule has 1 atom stereocenters. The summed E-state index contributed by atoms with van der Waals surface area (Å²) in [6.45, 7) is 4.43. The Labute approximate surface area is 221 Å². The van der Waals surface area contributed by atoms with Crippen molar-refractivity contribution < 1.29 is 19.2 Å². The van der Waals surface area contributed by atoms with Crippen LogP contribution in [0.1, 0.15) is 25.3 Å². The van der Waals surface area contributed by atoms with Crippen LogP contribution in [0.5, 0.6) is 0 Å². The van der Waals surface area contributed by atoms with Gasteiger partial charge >= 0.3 is 5.97 Å². The molecule has 0 aromatic heterocycles. The number of nitriles is 1. The number of halogens is 1. The number of nitrogens with two attached hydrogens (primary N) is 1. The number of allylic oxidation sites excluding steroid dienone is 5. The van der Waals surface area contributed by atoms with Crippen LogP contribution in [0.4, 0.5) is 5.69 Å². The molecule has 10 nitrogen and oxygen atoms in total. The maximum Gasteiger partial charge on any atom is 0.325 e. The van der Waals surface area contributed by atoms with Gasteiger partial charge in [-0.1, -0.05) is 30.0 Å². The van der Waals surface area contributed by atoms with Crippen LogP contribution in [0.15, 0.2) is 70.1 Å². The number of non-ortho nitro benzene ring substituents is 1. The summed E-state index contributed by atoms with van der Waals surface area (Å²) in [4.78, 5) is 36.1. The van der Waals surface area contributed by atoms with E-state index in [1.807, 2.05) is 19.1 Å². The number of hydrogen-bond donors (Lipinski definition) is 1. The molecule has 1 aromatic rings. The van der Waals surface area contributed by atoms with Gasteiger partial charge in [0, 0.05) is 36.5 Å². The van der Waals surface area contributed by atoms with Gasteiger partial charge in [0.1, 0.15) is 11.6 Å². The van der Waals surface area contributed by atoms with E-state index in [4.69, 9.17) is 10.5 Å². The summed E-state index contributed by atoms with van der Waals surface area (Å²) in [5.74, 6) is -1.55. The summed E-state index contributed by atoms with van der Waals surface area (Å²) in [6.07, 6.45) is 5.55. The Morgan fingerprint density at radius 1 is 1.42 bits per heavy atom. The molecular formula is C24H24BrN5O5S. The highest BCUT2D eigenvalue weighted by Gasteiger charge is 2.36. The Balaban J connectivity index is 2.09. The lowest BCUT2D eigenvalue weighted by atomic mass is 9.78. The lowest BCUT2D eigenvalue weighted by Crippen LogP contribution is -2.29. The van der Waals surface area contributed by atoms with E-state index in [1.54, 1.807) is 34.1 Å². The molecule has 0 saturated heterocycles. The van der Waals surface area contributed by atoms with Crippen molar-refractivity contribution in [1.82, 2.24) is 8.83 Å². The number of carbonyl (C=O) groups excluding carboxylic acids is 2. The number of ether oxygens (including phenoxy) is 1. The summed E-state index contributed by atoms with van der Waals surface area (Å²) >= 11 is 4.64. The number of rotatable bonds is 9. The predicted octanol–water partition coefficient (Wildman–Crippen LogP) is 3.85. The number of benzene rings is 1. The van der Waals surface area contributed by atoms with E-state index in [0.29, 0.717) is 29.3 Å².